The number of fused-ring (bicyclic) bond motifs is 2. The van der Waals surface area contributed by atoms with Crippen molar-refractivity contribution in [3.05, 3.63) is 77.2 Å². The van der Waals surface area contributed by atoms with E-state index in [0.717, 1.165) is 18.5 Å². The number of aromatic nitrogens is 7. The molecule has 5 rings (SSSR count). The van der Waals surface area contributed by atoms with Gasteiger partial charge in [-0.2, -0.15) is 5.10 Å². The molecule has 8 nitrogen and oxygen atoms in total. The predicted octanol–water partition coefficient (Wildman–Crippen LogP) is 3.46. The minimum Gasteiger partial charge on any atom is -0.304 e. The van der Waals surface area contributed by atoms with Crippen molar-refractivity contribution >= 4 is 16.6 Å². The number of nitrogens with zero attached hydrogens (tertiary/aromatic N) is 7. The van der Waals surface area contributed by atoms with Crippen LogP contribution in [-0.2, 0) is 6.54 Å². The fourth-order valence-corrected chi connectivity index (χ4v) is 3.80. The summed E-state index contributed by atoms with van der Waals surface area (Å²) in [6, 6.07) is 6.21. The Morgan fingerprint density at radius 1 is 1.16 bits per heavy atom. The number of halogens is 1. The largest absolute Gasteiger partial charge is 0.304 e. The Morgan fingerprint density at radius 2 is 2.03 bits per heavy atom. The summed E-state index contributed by atoms with van der Waals surface area (Å²) < 4.78 is 19.8. The van der Waals surface area contributed by atoms with Gasteiger partial charge in [-0.1, -0.05) is 6.92 Å². The van der Waals surface area contributed by atoms with Crippen molar-refractivity contribution in [1.29, 1.82) is 0 Å². The Kier molecular flexibility index (Phi) is 4.58. The molecule has 0 saturated heterocycles. The summed E-state index contributed by atoms with van der Waals surface area (Å²) in [5.41, 5.74) is 2.01. The van der Waals surface area contributed by atoms with Crippen molar-refractivity contribution in [2.75, 3.05) is 0 Å². The Labute approximate surface area is 176 Å². The van der Waals surface area contributed by atoms with E-state index in [0.29, 0.717) is 22.3 Å². The highest BCUT2D eigenvalue weighted by molar-refractivity contribution is 5.76. The van der Waals surface area contributed by atoms with Crippen molar-refractivity contribution in [3.8, 4) is 11.1 Å². The number of hydrogen-bond donors (Lipinski definition) is 0. The Bertz CT molecular complexity index is 1470. The minimum atomic E-state index is -0.484. The lowest BCUT2D eigenvalue weighted by Gasteiger charge is -2.14. The highest BCUT2D eigenvalue weighted by atomic mass is 19.1. The zero-order valence-corrected chi connectivity index (χ0v) is 17.1. The van der Waals surface area contributed by atoms with Gasteiger partial charge in [0, 0.05) is 42.5 Å². The molecule has 0 aliphatic heterocycles. The van der Waals surface area contributed by atoms with E-state index in [1.165, 1.54) is 6.07 Å². The SMILES string of the molecule is CCCn1cc(-c2cc(F)c3nnc(C(C)n4ccc5ncccc5c4=O)n3c2)cn1. The van der Waals surface area contributed by atoms with Gasteiger partial charge < -0.3 is 4.57 Å². The fourth-order valence-electron chi connectivity index (χ4n) is 3.80. The average molecular weight is 417 g/mol. The molecule has 5 heterocycles. The Morgan fingerprint density at radius 3 is 2.87 bits per heavy atom. The normalized spacial score (nSPS) is 12.6. The van der Waals surface area contributed by atoms with Crippen LogP contribution in [0.2, 0.25) is 0 Å². The third-order valence-electron chi connectivity index (χ3n) is 5.39. The van der Waals surface area contributed by atoms with Crippen LogP contribution < -0.4 is 5.56 Å². The van der Waals surface area contributed by atoms with Crippen LogP contribution in [0.25, 0.3) is 27.7 Å². The second kappa shape index (κ2) is 7.42. The van der Waals surface area contributed by atoms with Crippen molar-refractivity contribution < 1.29 is 4.39 Å². The van der Waals surface area contributed by atoms with Gasteiger partial charge in [-0.3, -0.25) is 18.9 Å². The second-order valence-corrected chi connectivity index (χ2v) is 7.46. The summed E-state index contributed by atoms with van der Waals surface area (Å²) in [4.78, 5) is 17.2. The van der Waals surface area contributed by atoms with Gasteiger partial charge in [-0.15, -0.1) is 10.2 Å². The van der Waals surface area contributed by atoms with E-state index in [9.17, 15) is 9.18 Å². The van der Waals surface area contributed by atoms with Crippen LogP contribution in [0.4, 0.5) is 4.39 Å². The van der Waals surface area contributed by atoms with E-state index in [2.05, 4.69) is 27.2 Å². The molecule has 0 N–H and O–H groups in total. The average Bonchev–Trinajstić information content (AvgIpc) is 3.41. The van der Waals surface area contributed by atoms with Gasteiger partial charge in [0.05, 0.1) is 23.1 Å². The molecule has 1 unspecified atom stereocenters. The third kappa shape index (κ3) is 3.18. The summed E-state index contributed by atoms with van der Waals surface area (Å²) in [5, 5.41) is 13.1. The molecule has 0 aliphatic carbocycles. The number of rotatable bonds is 5. The first-order chi connectivity index (χ1) is 15.1. The van der Waals surface area contributed by atoms with E-state index in [1.54, 1.807) is 52.0 Å². The van der Waals surface area contributed by atoms with Gasteiger partial charge in [-0.25, -0.2) is 4.39 Å². The van der Waals surface area contributed by atoms with E-state index < -0.39 is 11.9 Å². The zero-order valence-electron chi connectivity index (χ0n) is 17.1. The molecule has 1 atom stereocenters. The zero-order chi connectivity index (χ0) is 21.5. The van der Waals surface area contributed by atoms with E-state index in [4.69, 9.17) is 0 Å². The van der Waals surface area contributed by atoms with Crippen LogP contribution in [-0.4, -0.2) is 33.9 Å². The summed E-state index contributed by atoms with van der Waals surface area (Å²) in [5.74, 6) is -0.0243. The van der Waals surface area contributed by atoms with Crippen LogP contribution in [0.3, 0.4) is 0 Å². The van der Waals surface area contributed by atoms with Crippen molar-refractivity contribution in [2.45, 2.75) is 32.9 Å². The van der Waals surface area contributed by atoms with E-state index >= 15 is 0 Å². The molecule has 31 heavy (non-hydrogen) atoms. The maximum Gasteiger partial charge on any atom is 0.260 e. The lowest BCUT2D eigenvalue weighted by Crippen LogP contribution is -2.25. The molecule has 0 bridgehead atoms. The summed E-state index contributed by atoms with van der Waals surface area (Å²) in [6.07, 6.45) is 9.67. The maximum atomic E-state index is 14.8. The molecule has 5 aromatic heterocycles. The second-order valence-electron chi connectivity index (χ2n) is 7.46. The number of aryl methyl sites for hydroxylation is 1. The van der Waals surface area contributed by atoms with Gasteiger partial charge in [0.15, 0.2) is 17.3 Å². The first-order valence-electron chi connectivity index (χ1n) is 10.1. The smallest absolute Gasteiger partial charge is 0.260 e. The molecule has 9 heteroatoms. The molecule has 5 aromatic rings. The van der Waals surface area contributed by atoms with Gasteiger partial charge in [-0.05, 0) is 37.6 Å². The molecule has 0 aromatic carbocycles. The highest BCUT2D eigenvalue weighted by Crippen LogP contribution is 2.25. The standard InChI is InChI=1S/C22H20FN7O/c1-3-8-28-12-16(11-25-28)15-10-18(23)21-27-26-20(30(21)13-15)14(2)29-9-6-19-17(22(29)31)5-4-7-24-19/h4-7,9-14H,3,8H2,1-2H3. The van der Waals surface area contributed by atoms with Crippen molar-refractivity contribution in [1.82, 2.24) is 33.9 Å². The van der Waals surface area contributed by atoms with Crippen LogP contribution in [0.5, 0.6) is 0 Å². The lowest BCUT2D eigenvalue weighted by atomic mass is 10.1. The predicted molar refractivity (Wildman–Crippen MR) is 114 cm³/mol. The third-order valence-corrected chi connectivity index (χ3v) is 5.39. The molecule has 0 saturated carbocycles. The number of pyridine rings is 3. The molecule has 0 radical (unpaired) electrons. The highest BCUT2D eigenvalue weighted by Gasteiger charge is 2.20. The lowest BCUT2D eigenvalue weighted by molar-refractivity contribution is 0.575. The van der Waals surface area contributed by atoms with Crippen LogP contribution in [0.1, 0.15) is 32.1 Å². The molecule has 0 aliphatic rings. The Balaban J connectivity index is 1.62. The van der Waals surface area contributed by atoms with Gasteiger partial charge >= 0.3 is 0 Å². The number of hydrogen-bond acceptors (Lipinski definition) is 5. The molecule has 0 amide bonds. The monoisotopic (exact) mass is 417 g/mol. The van der Waals surface area contributed by atoms with E-state index in [-0.39, 0.29) is 11.2 Å². The summed E-state index contributed by atoms with van der Waals surface area (Å²) in [6.45, 7) is 4.70. The molecular formula is C22H20FN7O. The summed E-state index contributed by atoms with van der Waals surface area (Å²) >= 11 is 0. The molecular weight excluding hydrogens is 397 g/mol. The van der Waals surface area contributed by atoms with Gasteiger partial charge in [0.1, 0.15) is 0 Å². The quantitative estimate of drug-likeness (QED) is 0.437. The first kappa shape index (κ1) is 19.1. The Hall–Kier alpha value is -3.88. The molecule has 0 fully saturated rings. The van der Waals surface area contributed by atoms with Crippen LogP contribution in [0.15, 0.2) is 60.0 Å². The molecule has 156 valence electrons. The van der Waals surface area contributed by atoms with Crippen LogP contribution in [0, 0.1) is 5.82 Å². The maximum absolute atomic E-state index is 14.8. The molecule has 0 spiro atoms. The van der Waals surface area contributed by atoms with Gasteiger partial charge in [0.2, 0.25) is 0 Å². The van der Waals surface area contributed by atoms with Crippen molar-refractivity contribution in [3.63, 3.8) is 0 Å². The topological polar surface area (TPSA) is 82.9 Å². The summed E-state index contributed by atoms with van der Waals surface area (Å²) in [7, 11) is 0. The van der Waals surface area contributed by atoms with E-state index in [1.807, 2.05) is 17.8 Å². The van der Waals surface area contributed by atoms with Crippen molar-refractivity contribution in [2.24, 2.45) is 0 Å². The van der Waals surface area contributed by atoms with Gasteiger partial charge in [0.25, 0.3) is 5.56 Å². The van der Waals surface area contributed by atoms with Crippen LogP contribution >= 0.6 is 0 Å². The fraction of sp³-hybridized carbons (Fsp3) is 0.227. The first-order valence-corrected chi connectivity index (χ1v) is 10.1. The minimum absolute atomic E-state index is 0.113.